The van der Waals surface area contributed by atoms with Crippen molar-refractivity contribution in [3.05, 3.63) is 47.7 Å². The smallest absolute Gasteiger partial charge is 0.206 e. The van der Waals surface area contributed by atoms with Crippen molar-refractivity contribution in [1.29, 1.82) is 5.26 Å². The third kappa shape index (κ3) is 3.93. The molecule has 1 aromatic carbocycles. The zero-order valence-electron chi connectivity index (χ0n) is 16.1. The molecule has 0 N–H and O–H groups in total. The van der Waals surface area contributed by atoms with E-state index in [1.54, 1.807) is 0 Å². The second-order valence-electron chi connectivity index (χ2n) is 6.45. The molecule has 0 unspecified atom stereocenters. The van der Waals surface area contributed by atoms with Crippen LogP contribution >= 0.6 is 11.8 Å². The molecule has 0 atom stereocenters. The molecule has 2 heterocycles. The molecular weight excluding hydrogens is 354 g/mol. The molecule has 0 saturated heterocycles. The number of fused-ring (bicyclic) bond motifs is 1. The van der Waals surface area contributed by atoms with Gasteiger partial charge in [0.1, 0.15) is 16.7 Å². The number of benzene rings is 1. The molecule has 0 aliphatic carbocycles. The summed E-state index contributed by atoms with van der Waals surface area (Å²) in [5.74, 6) is 0.923. The SMILES string of the molecule is CCCN(CCC)C1=Nc2c(cnc(SC)c2C#N)CN1c1ccccc1. The van der Waals surface area contributed by atoms with Gasteiger partial charge >= 0.3 is 0 Å². The third-order valence-corrected chi connectivity index (χ3v) is 5.21. The standard InChI is InChI=1S/C21H25N5S/c1-4-11-25(12-5-2)21-24-19-16(14-23-20(27-3)18(19)13-22)15-26(21)17-9-7-6-8-10-17/h6-10,14H,4-5,11-12,15H2,1-3H3. The van der Waals surface area contributed by atoms with Crippen molar-refractivity contribution >= 4 is 29.1 Å². The van der Waals surface area contributed by atoms with Crippen molar-refractivity contribution in [2.75, 3.05) is 24.2 Å². The van der Waals surface area contributed by atoms with Gasteiger partial charge in [-0.05, 0) is 31.2 Å². The van der Waals surface area contributed by atoms with Crippen molar-refractivity contribution in [1.82, 2.24) is 9.88 Å². The lowest BCUT2D eigenvalue weighted by atomic mass is 10.1. The highest BCUT2D eigenvalue weighted by atomic mass is 32.2. The lowest BCUT2D eigenvalue weighted by Crippen LogP contribution is -2.46. The Labute approximate surface area is 165 Å². The van der Waals surface area contributed by atoms with Gasteiger partial charge in [-0.15, -0.1) is 11.8 Å². The summed E-state index contributed by atoms with van der Waals surface area (Å²) in [4.78, 5) is 14.1. The van der Waals surface area contributed by atoms with Crippen molar-refractivity contribution in [3.8, 4) is 6.07 Å². The molecule has 3 rings (SSSR count). The first-order valence-corrected chi connectivity index (χ1v) is 10.6. The fourth-order valence-corrected chi connectivity index (χ4v) is 3.84. The minimum absolute atomic E-state index is 0.582. The predicted molar refractivity (Wildman–Crippen MR) is 113 cm³/mol. The van der Waals surface area contributed by atoms with Crippen LogP contribution in [0.15, 0.2) is 46.5 Å². The quantitative estimate of drug-likeness (QED) is 0.675. The van der Waals surface area contributed by atoms with Gasteiger partial charge in [-0.3, -0.25) is 0 Å². The highest BCUT2D eigenvalue weighted by Crippen LogP contribution is 2.36. The fraction of sp³-hybridized carbons (Fsp3) is 0.381. The number of para-hydroxylation sites is 1. The summed E-state index contributed by atoms with van der Waals surface area (Å²) in [6.07, 6.45) is 5.90. The van der Waals surface area contributed by atoms with Crippen LogP contribution in [0.5, 0.6) is 0 Å². The number of rotatable bonds is 6. The Hall–Kier alpha value is -2.52. The number of guanidine groups is 1. The van der Waals surface area contributed by atoms with Crippen molar-refractivity contribution in [2.24, 2.45) is 4.99 Å². The van der Waals surface area contributed by atoms with E-state index in [0.29, 0.717) is 12.1 Å². The van der Waals surface area contributed by atoms with E-state index in [1.165, 1.54) is 11.8 Å². The number of thioether (sulfide) groups is 1. The number of nitriles is 1. The summed E-state index contributed by atoms with van der Waals surface area (Å²) in [5.41, 5.74) is 3.45. The molecule has 140 valence electrons. The summed E-state index contributed by atoms with van der Waals surface area (Å²) in [5, 5.41) is 10.5. The fourth-order valence-electron chi connectivity index (χ4n) is 3.33. The van der Waals surface area contributed by atoms with E-state index in [1.807, 2.05) is 30.7 Å². The number of hydrogen-bond donors (Lipinski definition) is 0. The Balaban J connectivity index is 2.16. The molecule has 0 amide bonds. The monoisotopic (exact) mass is 379 g/mol. The highest BCUT2D eigenvalue weighted by Gasteiger charge is 2.28. The lowest BCUT2D eigenvalue weighted by molar-refractivity contribution is 0.407. The minimum atomic E-state index is 0.582. The maximum Gasteiger partial charge on any atom is 0.206 e. The molecule has 0 saturated carbocycles. The van der Waals surface area contributed by atoms with E-state index in [2.05, 4.69) is 46.8 Å². The Morgan fingerprint density at radius 1 is 1.19 bits per heavy atom. The number of nitrogens with zero attached hydrogens (tertiary/aromatic N) is 5. The Kier molecular flexibility index (Phi) is 6.36. The molecule has 27 heavy (non-hydrogen) atoms. The van der Waals surface area contributed by atoms with Gasteiger partial charge in [0.05, 0.1) is 12.2 Å². The Bertz CT molecular complexity index is 851. The molecular formula is C21H25N5S. The molecule has 2 aromatic rings. The molecule has 5 nitrogen and oxygen atoms in total. The van der Waals surface area contributed by atoms with E-state index < -0.39 is 0 Å². The summed E-state index contributed by atoms with van der Waals surface area (Å²) in [6, 6.07) is 12.6. The minimum Gasteiger partial charge on any atom is -0.342 e. The largest absolute Gasteiger partial charge is 0.342 e. The van der Waals surface area contributed by atoms with Crippen LogP contribution in [0, 0.1) is 11.3 Å². The zero-order valence-corrected chi connectivity index (χ0v) is 17.0. The summed E-state index contributed by atoms with van der Waals surface area (Å²) in [7, 11) is 0. The van der Waals surface area contributed by atoms with Crippen molar-refractivity contribution < 1.29 is 0 Å². The van der Waals surface area contributed by atoms with Gasteiger partial charge in [-0.2, -0.15) is 5.26 Å². The van der Waals surface area contributed by atoms with Crippen molar-refractivity contribution in [3.63, 3.8) is 0 Å². The van der Waals surface area contributed by atoms with Gasteiger partial charge in [0.2, 0.25) is 5.96 Å². The normalized spacial score (nSPS) is 13.0. The van der Waals surface area contributed by atoms with Gasteiger partial charge < -0.3 is 9.80 Å². The molecule has 1 aliphatic heterocycles. The number of hydrogen-bond acceptors (Lipinski definition) is 6. The first kappa shape index (κ1) is 19.2. The average molecular weight is 380 g/mol. The van der Waals surface area contributed by atoms with Gasteiger partial charge in [0.15, 0.2) is 0 Å². The van der Waals surface area contributed by atoms with Gasteiger partial charge in [-0.1, -0.05) is 32.0 Å². The topological polar surface area (TPSA) is 55.5 Å². The Morgan fingerprint density at radius 2 is 1.89 bits per heavy atom. The van der Waals surface area contributed by atoms with Crippen LogP contribution < -0.4 is 4.90 Å². The van der Waals surface area contributed by atoms with E-state index >= 15 is 0 Å². The molecule has 6 heteroatoms. The van der Waals surface area contributed by atoms with Crippen LogP contribution in [-0.4, -0.2) is 35.2 Å². The van der Waals surface area contributed by atoms with E-state index in [0.717, 1.165) is 53.9 Å². The third-order valence-electron chi connectivity index (χ3n) is 4.52. The second kappa shape index (κ2) is 8.92. The molecule has 0 spiro atoms. The number of anilines is 1. The number of aromatic nitrogens is 1. The molecule has 1 aliphatic rings. The van der Waals surface area contributed by atoms with Gasteiger partial charge in [0, 0.05) is 30.5 Å². The lowest BCUT2D eigenvalue weighted by Gasteiger charge is -2.37. The van der Waals surface area contributed by atoms with Crippen LogP contribution in [0.3, 0.4) is 0 Å². The second-order valence-corrected chi connectivity index (χ2v) is 7.24. The van der Waals surface area contributed by atoms with Crippen LogP contribution in [0.4, 0.5) is 11.4 Å². The first-order valence-electron chi connectivity index (χ1n) is 9.35. The van der Waals surface area contributed by atoms with Crippen LogP contribution in [0.2, 0.25) is 0 Å². The predicted octanol–water partition coefficient (Wildman–Crippen LogP) is 4.80. The van der Waals surface area contributed by atoms with Crippen molar-refractivity contribution in [2.45, 2.75) is 38.3 Å². The van der Waals surface area contributed by atoms with Crippen LogP contribution in [0.1, 0.15) is 37.8 Å². The van der Waals surface area contributed by atoms with Crippen LogP contribution in [0.25, 0.3) is 0 Å². The van der Waals surface area contributed by atoms with Gasteiger partial charge in [-0.25, -0.2) is 9.98 Å². The Morgan fingerprint density at radius 3 is 2.48 bits per heavy atom. The molecule has 1 aromatic heterocycles. The van der Waals surface area contributed by atoms with Gasteiger partial charge in [0.25, 0.3) is 0 Å². The average Bonchev–Trinajstić information content (AvgIpc) is 2.72. The van der Waals surface area contributed by atoms with Crippen LogP contribution in [-0.2, 0) is 6.54 Å². The first-order chi connectivity index (χ1) is 13.2. The maximum atomic E-state index is 9.72. The van der Waals surface area contributed by atoms with E-state index in [-0.39, 0.29) is 0 Å². The summed E-state index contributed by atoms with van der Waals surface area (Å²) >= 11 is 1.49. The molecule has 0 fully saturated rings. The summed E-state index contributed by atoms with van der Waals surface area (Å²) < 4.78 is 0. The molecule has 0 radical (unpaired) electrons. The maximum absolute atomic E-state index is 9.72. The molecule has 0 bridgehead atoms. The number of aliphatic imine (C=N–C) groups is 1. The zero-order chi connectivity index (χ0) is 19.2. The summed E-state index contributed by atoms with van der Waals surface area (Å²) in [6.45, 7) is 6.91. The van der Waals surface area contributed by atoms with E-state index in [4.69, 9.17) is 4.99 Å². The highest BCUT2D eigenvalue weighted by molar-refractivity contribution is 7.98. The number of pyridine rings is 1. The van der Waals surface area contributed by atoms with E-state index in [9.17, 15) is 5.26 Å².